The van der Waals surface area contributed by atoms with Crippen LogP contribution in [-0.2, 0) is 11.3 Å². The van der Waals surface area contributed by atoms with E-state index >= 15 is 0 Å². The molecule has 0 radical (unpaired) electrons. The van der Waals surface area contributed by atoms with Gasteiger partial charge >= 0.3 is 0 Å². The number of amides is 1. The number of rotatable bonds is 5. The van der Waals surface area contributed by atoms with Gasteiger partial charge in [0.1, 0.15) is 17.5 Å². The third-order valence-electron chi connectivity index (χ3n) is 5.33. The van der Waals surface area contributed by atoms with Crippen molar-refractivity contribution in [3.05, 3.63) is 88.2 Å². The van der Waals surface area contributed by atoms with Gasteiger partial charge in [-0.25, -0.2) is 8.78 Å². The quantitative estimate of drug-likeness (QED) is 0.684. The standard InChI is InChI=1S/C23H22F2N4O2/c24-18-6-8-20(9-7-18)29-22(30)11-10-21(27-29)28-12-2-4-17(15-28)23(31)26-14-16-3-1-5-19(25)13-16/h1,3,5-11,13,17H,2,4,12,14-15H2,(H,26,31). The largest absolute Gasteiger partial charge is 0.354 e. The lowest BCUT2D eigenvalue weighted by molar-refractivity contribution is -0.125. The summed E-state index contributed by atoms with van der Waals surface area (Å²) in [6.45, 7) is 1.44. The Kier molecular flexibility index (Phi) is 6.06. The number of nitrogens with zero attached hydrogens (tertiary/aromatic N) is 3. The van der Waals surface area contributed by atoms with Crippen molar-refractivity contribution < 1.29 is 13.6 Å². The molecule has 1 aliphatic heterocycles. The van der Waals surface area contributed by atoms with Gasteiger partial charge in [-0.05, 0) is 60.9 Å². The third kappa shape index (κ3) is 4.96. The maximum Gasteiger partial charge on any atom is 0.271 e. The fourth-order valence-corrected chi connectivity index (χ4v) is 3.72. The van der Waals surface area contributed by atoms with Crippen molar-refractivity contribution in [1.29, 1.82) is 0 Å². The summed E-state index contributed by atoms with van der Waals surface area (Å²) < 4.78 is 27.8. The highest BCUT2D eigenvalue weighted by Gasteiger charge is 2.26. The van der Waals surface area contributed by atoms with Gasteiger partial charge in [-0.1, -0.05) is 12.1 Å². The van der Waals surface area contributed by atoms with E-state index in [9.17, 15) is 18.4 Å². The van der Waals surface area contributed by atoms with Gasteiger partial charge in [0.25, 0.3) is 5.56 Å². The van der Waals surface area contributed by atoms with Crippen LogP contribution in [0, 0.1) is 17.6 Å². The van der Waals surface area contributed by atoms with Crippen LogP contribution < -0.4 is 15.8 Å². The molecular weight excluding hydrogens is 402 g/mol. The van der Waals surface area contributed by atoms with E-state index in [1.54, 1.807) is 18.2 Å². The number of aromatic nitrogens is 2. The lowest BCUT2D eigenvalue weighted by Gasteiger charge is -2.33. The predicted molar refractivity (Wildman–Crippen MR) is 113 cm³/mol. The second-order valence-electron chi connectivity index (χ2n) is 7.55. The molecule has 1 atom stereocenters. The zero-order valence-electron chi connectivity index (χ0n) is 16.8. The zero-order valence-corrected chi connectivity index (χ0v) is 16.8. The number of anilines is 1. The maximum absolute atomic E-state index is 13.3. The fourth-order valence-electron chi connectivity index (χ4n) is 3.72. The van der Waals surface area contributed by atoms with E-state index in [2.05, 4.69) is 10.4 Å². The Labute approximate surface area is 178 Å². The van der Waals surface area contributed by atoms with Crippen LogP contribution in [0.3, 0.4) is 0 Å². The van der Waals surface area contributed by atoms with E-state index in [1.165, 1.54) is 47.1 Å². The molecule has 2 heterocycles. The average Bonchev–Trinajstić information content (AvgIpc) is 2.79. The molecule has 1 saturated heterocycles. The minimum atomic E-state index is -0.393. The van der Waals surface area contributed by atoms with Crippen LogP contribution >= 0.6 is 0 Å². The van der Waals surface area contributed by atoms with E-state index in [-0.39, 0.29) is 29.7 Å². The first-order valence-corrected chi connectivity index (χ1v) is 10.1. The topological polar surface area (TPSA) is 67.2 Å². The van der Waals surface area contributed by atoms with Crippen molar-refractivity contribution in [3.63, 3.8) is 0 Å². The van der Waals surface area contributed by atoms with E-state index < -0.39 is 5.82 Å². The van der Waals surface area contributed by atoms with Gasteiger partial charge in [0.05, 0.1) is 11.6 Å². The normalized spacial score (nSPS) is 16.2. The van der Waals surface area contributed by atoms with Crippen molar-refractivity contribution in [2.24, 2.45) is 5.92 Å². The van der Waals surface area contributed by atoms with Gasteiger partial charge < -0.3 is 10.2 Å². The lowest BCUT2D eigenvalue weighted by Crippen LogP contribution is -2.43. The van der Waals surface area contributed by atoms with Crippen molar-refractivity contribution in [2.75, 3.05) is 18.0 Å². The molecule has 0 aliphatic carbocycles. The Morgan fingerprint density at radius 2 is 1.87 bits per heavy atom. The number of benzene rings is 2. The number of carbonyl (C=O) groups excluding carboxylic acids is 1. The first-order valence-electron chi connectivity index (χ1n) is 10.1. The molecule has 2 aromatic carbocycles. The van der Waals surface area contributed by atoms with Crippen LogP contribution in [0.1, 0.15) is 18.4 Å². The molecule has 3 aromatic rings. The second kappa shape index (κ2) is 9.07. The molecule has 0 bridgehead atoms. The van der Waals surface area contributed by atoms with E-state index in [0.717, 1.165) is 12.8 Å². The van der Waals surface area contributed by atoms with Crippen molar-refractivity contribution in [3.8, 4) is 5.69 Å². The summed E-state index contributed by atoms with van der Waals surface area (Å²) in [5.41, 5.74) is 0.848. The van der Waals surface area contributed by atoms with Gasteiger partial charge in [-0.15, -0.1) is 5.10 Å². The number of halogens is 2. The van der Waals surface area contributed by atoms with E-state index in [1.807, 2.05) is 4.90 Å². The highest BCUT2D eigenvalue weighted by Crippen LogP contribution is 2.22. The Hall–Kier alpha value is -3.55. The molecule has 8 heteroatoms. The molecule has 31 heavy (non-hydrogen) atoms. The molecule has 1 amide bonds. The molecular formula is C23H22F2N4O2. The second-order valence-corrected chi connectivity index (χ2v) is 7.55. The van der Waals surface area contributed by atoms with E-state index in [4.69, 9.17) is 0 Å². The van der Waals surface area contributed by atoms with E-state index in [0.29, 0.717) is 30.2 Å². The molecule has 160 valence electrons. The Bertz CT molecular complexity index is 1130. The lowest BCUT2D eigenvalue weighted by atomic mass is 9.97. The van der Waals surface area contributed by atoms with Gasteiger partial charge in [-0.3, -0.25) is 9.59 Å². The van der Waals surface area contributed by atoms with Crippen LogP contribution in [0.4, 0.5) is 14.6 Å². The number of hydrogen-bond acceptors (Lipinski definition) is 4. The average molecular weight is 424 g/mol. The minimum Gasteiger partial charge on any atom is -0.354 e. The highest BCUT2D eigenvalue weighted by atomic mass is 19.1. The number of piperidine rings is 1. The number of hydrogen-bond donors (Lipinski definition) is 1. The molecule has 0 saturated carbocycles. The summed E-state index contributed by atoms with van der Waals surface area (Å²) in [5.74, 6) is -0.489. The summed E-state index contributed by atoms with van der Waals surface area (Å²) in [6, 6.07) is 14.7. The third-order valence-corrected chi connectivity index (χ3v) is 5.33. The summed E-state index contributed by atoms with van der Waals surface area (Å²) in [5, 5.41) is 7.30. The Balaban J connectivity index is 1.45. The first kappa shape index (κ1) is 20.7. The van der Waals surface area contributed by atoms with Gasteiger partial charge in [0.2, 0.25) is 5.91 Å². The SMILES string of the molecule is O=C(NCc1cccc(F)c1)C1CCCN(c2ccc(=O)n(-c3ccc(F)cc3)n2)C1. The summed E-state index contributed by atoms with van der Waals surface area (Å²) >= 11 is 0. The summed E-state index contributed by atoms with van der Waals surface area (Å²) in [4.78, 5) is 26.9. The number of nitrogens with one attached hydrogen (secondary N) is 1. The minimum absolute atomic E-state index is 0.0965. The van der Waals surface area contributed by atoms with Crippen molar-refractivity contribution in [1.82, 2.24) is 15.1 Å². The first-order chi connectivity index (χ1) is 15.0. The van der Waals surface area contributed by atoms with Gasteiger partial charge in [-0.2, -0.15) is 4.68 Å². The van der Waals surface area contributed by atoms with Crippen LogP contribution in [0.2, 0.25) is 0 Å². The van der Waals surface area contributed by atoms with Crippen molar-refractivity contribution in [2.45, 2.75) is 19.4 Å². The highest BCUT2D eigenvalue weighted by molar-refractivity contribution is 5.79. The van der Waals surface area contributed by atoms with Crippen LogP contribution in [0.25, 0.3) is 5.69 Å². The Morgan fingerprint density at radius 3 is 2.65 bits per heavy atom. The van der Waals surface area contributed by atoms with Gasteiger partial charge in [0.15, 0.2) is 0 Å². The molecule has 0 spiro atoms. The molecule has 6 nitrogen and oxygen atoms in total. The zero-order chi connectivity index (χ0) is 21.8. The molecule has 1 fully saturated rings. The summed E-state index contributed by atoms with van der Waals surface area (Å²) in [7, 11) is 0. The van der Waals surface area contributed by atoms with Gasteiger partial charge in [0, 0.05) is 25.7 Å². The fraction of sp³-hybridized carbons (Fsp3) is 0.261. The smallest absolute Gasteiger partial charge is 0.271 e. The predicted octanol–water partition coefficient (Wildman–Crippen LogP) is 3.04. The number of carbonyl (C=O) groups is 1. The van der Waals surface area contributed by atoms with Crippen molar-refractivity contribution >= 4 is 11.7 Å². The van der Waals surface area contributed by atoms with Crippen LogP contribution in [0.15, 0.2) is 65.5 Å². The molecule has 1 unspecified atom stereocenters. The Morgan fingerprint density at radius 1 is 1.06 bits per heavy atom. The van der Waals surface area contributed by atoms with Crippen LogP contribution in [-0.4, -0.2) is 28.8 Å². The molecule has 1 aliphatic rings. The molecule has 1 N–H and O–H groups in total. The van der Waals surface area contributed by atoms with Crippen LogP contribution in [0.5, 0.6) is 0 Å². The molecule has 1 aromatic heterocycles. The molecule has 4 rings (SSSR count). The summed E-state index contributed by atoms with van der Waals surface area (Å²) in [6.07, 6.45) is 1.54. The maximum atomic E-state index is 13.3. The monoisotopic (exact) mass is 424 g/mol.